The summed E-state index contributed by atoms with van der Waals surface area (Å²) in [4.78, 5) is 6.62. The number of sulfonamides is 1. The van der Waals surface area contributed by atoms with E-state index >= 15 is 0 Å². The van der Waals surface area contributed by atoms with Crippen LogP contribution in [0.1, 0.15) is 28.9 Å². The van der Waals surface area contributed by atoms with Crippen LogP contribution in [0.4, 0.5) is 11.4 Å². The fourth-order valence-electron chi connectivity index (χ4n) is 3.78. The smallest absolute Gasteiger partial charge is 0.229 e. The molecule has 0 bridgehead atoms. The highest BCUT2D eigenvalue weighted by atomic mass is 32.2. The molecular formula is C21H23N5O2S2. The fourth-order valence-corrected chi connectivity index (χ4v) is 4.76. The van der Waals surface area contributed by atoms with E-state index in [1.165, 1.54) is 0 Å². The zero-order chi connectivity index (χ0) is 21.5. The van der Waals surface area contributed by atoms with Gasteiger partial charge in [0.1, 0.15) is 0 Å². The van der Waals surface area contributed by atoms with Crippen LogP contribution in [0.5, 0.6) is 0 Å². The first-order valence-corrected chi connectivity index (χ1v) is 11.7. The highest BCUT2D eigenvalue weighted by molar-refractivity contribution is 7.92. The minimum absolute atomic E-state index is 0.0956. The minimum atomic E-state index is -3.35. The first kappa shape index (κ1) is 20.4. The molecule has 1 aliphatic rings. The molecule has 1 saturated heterocycles. The molecule has 2 N–H and O–H groups in total. The molecule has 2 atom stereocenters. The van der Waals surface area contributed by atoms with E-state index in [0.29, 0.717) is 10.8 Å². The van der Waals surface area contributed by atoms with Gasteiger partial charge in [0, 0.05) is 31.3 Å². The summed E-state index contributed by atoms with van der Waals surface area (Å²) in [6, 6.07) is 13.3. The molecule has 0 saturated carbocycles. The Morgan fingerprint density at radius 1 is 1.20 bits per heavy atom. The molecule has 1 fully saturated rings. The van der Waals surface area contributed by atoms with Crippen LogP contribution in [0.2, 0.25) is 0 Å². The van der Waals surface area contributed by atoms with Gasteiger partial charge in [0.15, 0.2) is 5.11 Å². The third-order valence-corrected chi connectivity index (χ3v) is 5.98. The van der Waals surface area contributed by atoms with E-state index in [2.05, 4.69) is 32.2 Å². The summed E-state index contributed by atoms with van der Waals surface area (Å²) < 4.78 is 27.8. The van der Waals surface area contributed by atoms with Crippen molar-refractivity contribution in [1.82, 2.24) is 14.9 Å². The second-order valence-electron chi connectivity index (χ2n) is 7.48. The molecule has 4 rings (SSSR count). The number of anilines is 2. The highest BCUT2D eigenvalue weighted by Gasteiger charge is 2.41. The predicted octanol–water partition coefficient (Wildman–Crippen LogP) is 3.28. The summed E-state index contributed by atoms with van der Waals surface area (Å²) in [5.74, 6) is 0. The maximum absolute atomic E-state index is 11.6. The summed E-state index contributed by atoms with van der Waals surface area (Å²) >= 11 is 5.72. The van der Waals surface area contributed by atoms with Crippen LogP contribution in [0, 0.1) is 6.92 Å². The third kappa shape index (κ3) is 4.03. The summed E-state index contributed by atoms with van der Waals surface area (Å²) in [5, 5.41) is 4.02. The molecule has 0 spiro atoms. The second kappa shape index (κ2) is 7.73. The maximum Gasteiger partial charge on any atom is 0.229 e. The lowest BCUT2D eigenvalue weighted by molar-refractivity contribution is 0.567. The summed E-state index contributed by atoms with van der Waals surface area (Å²) in [7, 11) is -1.36. The van der Waals surface area contributed by atoms with E-state index < -0.39 is 10.0 Å². The van der Waals surface area contributed by atoms with Crippen LogP contribution in [0.3, 0.4) is 0 Å². The first-order chi connectivity index (χ1) is 14.2. The lowest BCUT2D eigenvalue weighted by Crippen LogP contribution is -2.29. The van der Waals surface area contributed by atoms with Gasteiger partial charge in [0.05, 0.1) is 29.7 Å². The Bertz CT molecular complexity index is 1190. The molecule has 0 amide bonds. The molecule has 9 heteroatoms. The van der Waals surface area contributed by atoms with Crippen molar-refractivity contribution in [3.05, 3.63) is 77.9 Å². The minimum Gasteiger partial charge on any atom is -0.357 e. The zero-order valence-electron chi connectivity index (χ0n) is 16.9. The SMILES string of the molecule is Cc1cc(N2C(=S)N[C@H](c3ccccn3)[C@@H]2c2ccn(C)c2)ccc1NS(C)(=O)=O. The van der Waals surface area contributed by atoms with Gasteiger partial charge in [-0.3, -0.25) is 9.71 Å². The summed E-state index contributed by atoms with van der Waals surface area (Å²) in [6.07, 6.45) is 7.01. The molecule has 3 aromatic rings. The summed E-state index contributed by atoms with van der Waals surface area (Å²) in [6.45, 7) is 1.87. The molecule has 156 valence electrons. The zero-order valence-corrected chi connectivity index (χ0v) is 18.5. The van der Waals surface area contributed by atoms with Gasteiger partial charge in [-0.05, 0) is 66.7 Å². The molecule has 7 nitrogen and oxygen atoms in total. The van der Waals surface area contributed by atoms with Gasteiger partial charge < -0.3 is 14.8 Å². The Kier molecular flexibility index (Phi) is 5.25. The van der Waals surface area contributed by atoms with Gasteiger partial charge in [0.2, 0.25) is 10.0 Å². The molecule has 1 aromatic carbocycles. The van der Waals surface area contributed by atoms with Crippen molar-refractivity contribution in [3.63, 3.8) is 0 Å². The van der Waals surface area contributed by atoms with Crippen LogP contribution in [0.15, 0.2) is 61.1 Å². The van der Waals surface area contributed by atoms with Gasteiger partial charge in [0.25, 0.3) is 0 Å². The number of nitrogens with zero attached hydrogens (tertiary/aromatic N) is 3. The number of aryl methyl sites for hydroxylation is 2. The van der Waals surface area contributed by atoms with Crippen molar-refractivity contribution in [3.8, 4) is 0 Å². The molecule has 0 aliphatic carbocycles. The second-order valence-corrected chi connectivity index (χ2v) is 9.62. The first-order valence-electron chi connectivity index (χ1n) is 9.44. The number of aromatic nitrogens is 2. The van der Waals surface area contributed by atoms with E-state index in [1.807, 2.05) is 55.1 Å². The van der Waals surface area contributed by atoms with Gasteiger partial charge in [-0.25, -0.2) is 8.42 Å². The van der Waals surface area contributed by atoms with E-state index in [4.69, 9.17) is 12.2 Å². The van der Waals surface area contributed by atoms with E-state index in [-0.39, 0.29) is 12.1 Å². The Morgan fingerprint density at radius 2 is 2.00 bits per heavy atom. The van der Waals surface area contributed by atoms with Gasteiger partial charge >= 0.3 is 0 Å². The number of benzene rings is 1. The van der Waals surface area contributed by atoms with Crippen molar-refractivity contribution >= 4 is 38.7 Å². The number of hydrogen-bond acceptors (Lipinski definition) is 4. The van der Waals surface area contributed by atoms with Crippen molar-refractivity contribution in [2.24, 2.45) is 7.05 Å². The van der Waals surface area contributed by atoms with Crippen molar-refractivity contribution in [1.29, 1.82) is 0 Å². The molecular weight excluding hydrogens is 418 g/mol. The van der Waals surface area contributed by atoms with Crippen molar-refractivity contribution < 1.29 is 8.42 Å². The average molecular weight is 442 g/mol. The molecule has 0 unspecified atom stereocenters. The number of rotatable bonds is 5. The number of hydrogen-bond donors (Lipinski definition) is 2. The normalized spacial score (nSPS) is 19.0. The Hall–Kier alpha value is -2.91. The standard InChI is InChI=1S/C21H23N5O2S2/c1-14-12-16(7-8-17(14)24-30(3,27)28)26-20(15-9-11-25(2)13-15)19(23-21(26)29)18-6-4-5-10-22-18/h4-13,19-20,24H,1-3H3,(H,23,29)/t19-,20+/m1/s1. The molecule has 3 heterocycles. The van der Waals surface area contributed by atoms with Gasteiger partial charge in [-0.15, -0.1) is 0 Å². The van der Waals surface area contributed by atoms with Gasteiger partial charge in [-0.1, -0.05) is 6.07 Å². The molecule has 2 aromatic heterocycles. The van der Waals surface area contributed by atoms with E-state index in [0.717, 1.165) is 28.8 Å². The highest BCUT2D eigenvalue weighted by Crippen LogP contribution is 2.42. The van der Waals surface area contributed by atoms with Crippen LogP contribution >= 0.6 is 12.2 Å². The summed E-state index contributed by atoms with van der Waals surface area (Å²) in [5.41, 5.74) is 4.27. The van der Waals surface area contributed by atoms with Gasteiger partial charge in [-0.2, -0.15) is 0 Å². The monoisotopic (exact) mass is 441 g/mol. The Labute approximate surface area is 181 Å². The lowest BCUT2D eigenvalue weighted by Gasteiger charge is -2.28. The van der Waals surface area contributed by atoms with Crippen molar-refractivity contribution in [2.75, 3.05) is 15.9 Å². The Balaban J connectivity index is 1.77. The Morgan fingerprint density at radius 3 is 2.60 bits per heavy atom. The maximum atomic E-state index is 11.6. The van der Waals surface area contributed by atoms with E-state index in [1.54, 1.807) is 12.3 Å². The molecule has 1 aliphatic heterocycles. The number of thiocarbonyl (C=S) groups is 1. The lowest BCUT2D eigenvalue weighted by atomic mass is 9.98. The van der Waals surface area contributed by atoms with Crippen molar-refractivity contribution in [2.45, 2.75) is 19.0 Å². The van der Waals surface area contributed by atoms with Crippen LogP contribution < -0.4 is 14.9 Å². The third-order valence-electron chi connectivity index (χ3n) is 5.08. The van der Waals surface area contributed by atoms with Crippen LogP contribution in [-0.2, 0) is 17.1 Å². The largest absolute Gasteiger partial charge is 0.357 e. The van der Waals surface area contributed by atoms with E-state index in [9.17, 15) is 8.42 Å². The molecule has 0 radical (unpaired) electrons. The topological polar surface area (TPSA) is 79.3 Å². The van der Waals surface area contributed by atoms with Crippen LogP contribution in [0.25, 0.3) is 0 Å². The fraction of sp³-hybridized carbons (Fsp3) is 0.238. The predicted molar refractivity (Wildman–Crippen MR) is 123 cm³/mol. The number of pyridine rings is 1. The number of nitrogens with one attached hydrogen (secondary N) is 2. The average Bonchev–Trinajstić information content (AvgIpc) is 3.26. The van der Waals surface area contributed by atoms with Crippen LogP contribution in [-0.4, -0.2) is 29.3 Å². The quantitative estimate of drug-likeness (QED) is 0.592. The molecule has 30 heavy (non-hydrogen) atoms.